The van der Waals surface area contributed by atoms with Gasteiger partial charge in [0.2, 0.25) is 0 Å². The van der Waals surface area contributed by atoms with Gasteiger partial charge >= 0.3 is 0 Å². The van der Waals surface area contributed by atoms with E-state index in [9.17, 15) is 14.4 Å². The van der Waals surface area contributed by atoms with E-state index in [2.05, 4.69) is 0 Å². The third kappa shape index (κ3) is 12.2. The number of hydrogen-bond donors (Lipinski definition) is 0. The molecular formula is C22H38O7. The van der Waals surface area contributed by atoms with Crippen LogP contribution in [0.25, 0.3) is 0 Å². The largest absolute Gasteiger partial charge is 0.381 e. The number of rotatable bonds is 0. The Morgan fingerprint density at radius 1 is 0.724 bits per heavy atom. The number of carbonyl (C=O) groups is 3. The Balaban J connectivity index is 0.000000197. The molecule has 0 aromatic rings. The SMILES string of the molecule is C1CCOC1.CC1(C)COCCC1=O.CC1COCCC1=O.O=C1CCOCC1. The summed E-state index contributed by atoms with van der Waals surface area (Å²) >= 11 is 0. The van der Waals surface area contributed by atoms with Crippen LogP contribution in [-0.4, -0.2) is 70.2 Å². The van der Waals surface area contributed by atoms with E-state index in [1.165, 1.54) is 12.8 Å². The van der Waals surface area contributed by atoms with Gasteiger partial charge < -0.3 is 18.9 Å². The van der Waals surface area contributed by atoms with Crippen LogP contribution >= 0.6 is 0 Å². The third-order valence-corrected chi connectivity index (χ3v) is 4.98. The summed E-state index contributed by atoms with van der Waals surface area (Å²) in [5, 5.41) is 0. The minimum Gasteiger partial charge on any atom is -0.381 e. The molecule has 0 spiro atoms. The van der Waals surface area contributed by atoms with E-state index in [0.717, 1.165) is 13.2 Å². The Labute approximate surface area is 174 Å². The Kier molecular flexibility index (Phi) is 13.2. The van der Waals surface area contributed by atoms with Gasteiger partial charge in [0.25, 0.3) is 0 Å². The van der Waals surface area contributed by atoms with Gasteiger partial charge in [0.05, 0.1) is 39.6 Å². The van der Waals surface area contributed by atoms with E-state index < -0.39 is 0 Å². The fourth-order valence-electron chi connectivity index (χ4n) is 2.79. The topological polar surface area (TPSA) is 88.1 Å². The van der Waals surface area contributed by atoms with Crippen LogP contribution in [0, 0.1) is 11.3 Å². The van der Waals surface area contributed by atoms with Crippen molar-refractivity contribution in [1.82, 2.24) is 0 Å². The summed E-state index contributed by atoms with van der Waals surface area (Å²) in [7, 11) is 0. The molecule has 4 aliphatic heterocycles. The molecule has 7 nitrogen and oxygen atoms in total. The highest BCUT2D eigenvalue weighted by atomic mass is 16.5. The summed E-state index contributed by atoms with van der Waals surface area (Å²) < 4.78 is 20.0. The minimum atomic E-state index is -0.224. The van der Waals surface area contributed by atoms with Crippen LogP contribution in [0.3, 0.4) is 0 Å². The van der Waals surface area contributed by atoms with Crippen LogP contribution in [0.4, 0.5) is 0 Å². The monoisotopic (exact) mass is 414 g/mol. The van der Waals surface area contributed by atoms with Crippen LogP contribution < -0.4 is 0 Å². The molecule has 0 aromatic carbocycles. The molecule has 29 heavy (non-hydrogen) atoms. The lowest BCUT2D eigenvalue weighted by atomic mass is 9.86. The lowest BCUT2D eigenvalue weighted by molar-refractivity contribution is -0.137. The smallest absolute Gasteiger partial charge is 0.143 e. The molecule has 0 aromatic heterocycles. The second kappa shape index (κ2) is 14.8. The molecule has 1 atom stereocenters. The van der Waals surface area contributed by atoms with E-state index in [-0.39, 0.29) is 11.3 Å². The van der Waals surface area contributed by atoms with Crippen molar-refractivity contribution in [2.45, 2.75) is 59.3 Å². The molecule has 7 heteroatoms. The molecule has 0 aliphatic carbocycles. The van der Waals surface area contributed by atoms with Gasteiger partial charge in [-0.1, -0.05) is 20.8 Å². The number of ether oxygens (including phenoxy) is 4. The van der Waals surface area contributed by atoms with E-state index in [1.807, 2.05) is 20.8 Å². The summed E-state index contributed by atoms with van der Waals surface area (Å²) in [6.07, 6.45) is 5.01. The standard InChI is InChI=1S/C7H12O2.C6H10O2.C5H8O2.C4H8O/c1-7(2)5-9-4-3-6(7)8;1-5-4-8-3-2-6(5)7;6-5-1-3-7-4-2-5;1-2-4-5-3-1/h3-5H2,1-2H3;5H,2-4H2,1H3;1-4H2;1-4H2. The van der Waals surface area contributed by atoms with Crippen molar-refractivity contribution in [3.8, 4) is 0 Å². The van der Waals surface area contributed by atoms with Gasteiger partial charge in [-0.05, 0) is 12.8 Å². The lowest BCUT2D eigenvalue weighted by Crippen LogP contribution is -2.35. The molecular weight excluding hydrogens is 376 g/mol. The number of Topliss-reactive ketones (excluding diaryl/α,β-unsaturated/α-hetero) is 3. The highest BCUT2D eigenvalue weighted by molar-refractivity contribution is 5.84. The van der Waals surface area contributed by atoms with Crippen LogP contribution in [0.5, 0.6) is 0 Å². The number of ketones is 3. The zero-order valence-corrected chi connectivity index (χ0v) is 18.3. The maximum Gasteiger partial charge on any atom is 0.143 e. The van der Waals surface area contributed by atoms with Gasteiger partial charge in [-0.3, -0.25) is 14.4 Å². The normalized spacial score (nSPS) is 26.2. The molecule has 4 fully saturated rings. The molecule has 4 aliphatic rings. The zero-order chi connectivity index (χ0) is 21.5. The fourth-order valence-corrected chi connectivity index (χ4v) is 2.79. The first-order chi connectivity index (χ1) is 13.8. The van der Waals surface area contributed by atoms with Crippen molar-refractivity contribution in [2.24, 2.45) is 11.3 Å². The first-order valence-corrected chi connectivity index (χ1v) is 10.7. The van der Waals surface area contributed by atoms with E-state index in [0.29, 0.717) is 82.7 Å². The average molecular weight is 415 g/mol. The van der Waals surface area contributed by atoms with Crippen molar-refractivity contribution < 1.29 is 33.3 Å². The molecule has 0 saturated carbocycles. The number of carbonyl (C=O) groups excluding carboxylic acids is 3. The fraction of sp³-hybridized carbons (Fsp3) is 0.864. The summed E-state index contributed by atoms with van der Waals surface area (Å²) in [5.41, 5.74) is -0.224. The molecule has 1 unspecified atom stereocenters. The van der Waals surface area contributed by atoms with E-state index in [4.69, 9.17) is 18.9 Å². The zero-order valence-electron chi connectivity index (χ0n) is 18.3. The van der Waals surface area contributed by atoms with E-state index >= 15 is 0 Å². The van der Waals surface area contributed by atoms with Crippen LogP contribution in [0.2, 0.25) is 0 Å². The van der Waals surface area contributed by atoms with Crippen molar-refractivity contribution in [2.75, 3.05) is 52.9 Å². The quantitative estimate of drug-likeness (QED) is 0.602. The minimum absolute atomic E-state index is 0.142. The Hall–Kier alpha value is -1.15. The predicted molar refractivity (Wildman–Crippen MR) is 109 cm³/mol. The summed E-state index contributed by atoms with van der Waals surface area (Å²) in [4.78, 5) is 32.1. The molecule has 0 radical (unpaired) electrons. The van der Waals surface area contributed by atoms with Gasteiger partial charge in [-0.15, -0.1) is 0 Å². The predicted octanol–water partition coefficient (Wildman–Crippen LogP) is 2.78. The van der Waals surface area contributed by atoms with Gasteiger partial charge in [0, 0.05) is 50.2 Å². The maximum absolute atomic E-state index is 11.0. The van der Waals surface area contributed by atoms with Crippen LogP contribution in [-0.2, 0) is 33.3 Å². The molecule has 0 amide bonds. The van der Waals surface area contributed by atoms with Crippen molar-refractivity contribution >= 4 is 17.3 Å². The third-order valence-electron chi connectivity index (χ3n) is 4.98. The van der Waals surface area contributed by atoms with Crippen molar-refractivity contribution in [3.05, 3.63) is 0 Å². The van der Waals surface area contributed by atoms with E-state index in [1.54, 1.807) is 0 Å². The van der Waals surface area contributed by atoms with Gasteiger partial charge in [0.1, 0.15) is 17.3 Å². The summed E-state index contributed by atoms with van der Waals surface area (Å²) in [6, 6.07) is 0. The average Bonchev–Trinajstić information content (AvgIpc) is 3.28. The summed E-state index contributed by atoms with van der Waals surface area (Å²) in [6.45, 7) is 11.5. The molecule has 4 heterocycles. The Morgan fingerprint density at radius 2 is 1.28 bits per heavy atom. The maximum atomic E-state index is 11.0. The lowest BCUT2D eigenvalue weighted by Gasteiger charge is -2.27. The molecule has 168 valence electrons. The Morgan fingerprint density at radius 3 is 1.59 bits per heavy atom. The first kappa shape index (κ1) is 25.9. The number of hydrogen-bond acceptors (Lipinski definition) is 7. The Bertz CT molecular complexity index is 482. The highest BCUT2D eigenvalue weighted by Crippen LogP contribution is 2.22. The van der Waals surface area contributed by atoms with Crippen molar-refractivity contribution in [1.29, 1.82) is 0 Å². The summed E-state index contributed by atoms with van der Waals surface area (Å²) in [5.74, 6) is 1.15. The molecule has 0 N–H and O–H groups in total. The molecule has 0 bridgehead atoms. The van der Waals surface area contributed by atoms with Gasteiger partial charge in [-0.25, -0.2) is 0 Å². The molecule has 4 rings (SSSR count). The van der Waals surface area contributed by atoms with Crippen molar-refractivity contribution in [3.63, 3.8) is 0 Å². The second-order valence-corrected chi connectivity index (χ2v) is 8.27. The van der Waals surface area contributed by atoms with Gasteiger partial charge in [0.15, 0.2) is 0 Å². The highest BCUT2D eigenvalue weighted by Gasteiger charge is 2.30. The second-order valence-electron chi connectivity index (χ2n) is 8.27. The first-order valence-electron chi connectivity index (χ1n) is 10.7. The van der Waals surface area contributed by atoms with Gasteiger partial charge in [-0.2, -0.15) is 0 Å². The van der Waals surface area contributed by atoms with Crippen LogP contribution in [0.15, 0.2) is 0 Å². The van der Waals surface area contributed by atoms with Crippen LogP contribution in [0.1, 0.15) is 59.3 Å². The molecule has 4 saturated heterocycles.